The van der Waals surface area contributed by atoms with Crippen molar-refractivity contribution in [2.24, 2.45) is 0 Å². The second-order valence-corrected chi connectivity index (χ2v) is 3.11. The molecule has 0 saturated carbocycles. The van der Waals surface area contributed by atoms with Crippen molar-refractivity contribution < 1.29 is 0 Å². The van der Waals surface area contributed by atoms with Gasteiger partial charge in [-0.2, -0.15) is 0 Å². The predicted octanol–water partition coefficient (Wildman–Crippen LogP) is 3.10. The number of hydrogen-bond acceptors (Lipinski definition) is 1. The normalized spacial score (nSPS) is 12.5. The maximum absolute atomic E-state index is 4.86. The van der Waals surface area contributed by atoms with Crippen molar-refractivity contribution in [3.05, 3.63) is 35.4 Å². The lowest BCUT2D eigenvalue weighted by molar-refractivity contribution is 1.06. The van der Waals surface area contributed by atoms with Crippen LogP contribution < -0.4 is 0 Å². The van der Waals surface area contributed by atoms with E-state index >= 15 is 0 Å². The zero-order valence-corrected chi connectivity index (χ0v) is 7.69. The fraction of sp³-hybridized carbons (Fsp3) is 0.300. The van der Waals surface area contributed by atoms with Crippen molar-refractivity contribution in [3.8, 4) is 0 Å². The Bertz CT molecular complexity index is 236. The van der Waals surface area contributed by atoms with Crippen LogP contribution in [0.5, 0.6) is 0 Å². The van der Waals surface area contributed by atoms with Gasteiger partial charge in [-0.05, 0) is 17.9 Å². The molecule has 0 bridgehead atoms. The molecule has 0 radical (unpaired) electrons. The van der Waals surface area contributed by atoms with Crippen LogP contribution in [0.4, 0.5) is 0 Å². The average Bonchev–Trinajstić information content (AvgIpc) is 2.05. The molecule has 1 aromatic rings. The van der Waals surface area contributed by atoms with E-state index in [1.165, 1.54) is 11.1 Å². The van der Waals surface area contributed by atoms with Crippen LogP contribution in [0.15, 0.2) is 24.3 Å². The summed E-state index contributed by atoms with van der Waals surface area (Å²) < 4.78 is 0. The van der Waals surface area contributed by atoms with E-state index in [4.69, 9.17) is 12.2 Å². The smallest absolute Gasteiger partial charge is 0.00944 e. The first-order valence-corrected chi connectivity index (χ1v) is 4.23. The highest BCUT2D eigenvalue weighted by atomic mass is 32.1. The monoisotopic (exact) mass is 164 g/mol. The molecule has 0 spiro atoms. The van der Waals surface area contributed by atoms with Crippen LogP contribution >= 0.6 is 12.2 Å². The summed E-state index contributed by atoms with van der Waals surface area (Å²) in [6, 6.07) is 8.49. The van der Waals surface area contributed by atoms with Gasteiger partial charge in [0.15, 0.2) is 0 Å². The molecule has 1 unspecified atom stereocenters. The molecule has 1 rings (SSSR count). The summed E-state index contributed by atoms with van der Waals surface area (Å²) in [4.78, 5) is 0. The second-order valence-electron chi connectivity index (χ2n) is 2.84. The molecular formula is C10H12S. The van der Waals surface area contributed by atoms with Crippen molar-refractivity contribution in [3.63, 3.8) is 0 Å². The van der Waals surface area contributed by atoms with Crippen LogP contribution in [0.25, 0.3) is 0 Å². The van der Waals surface area contributed by atoms with Crippen molar-refractivity contribution in [2.75, 3.05) is 0 Å². The third kappa shape index (κ3) is 2.12. The van der Waals surface area contributed by atoms with Gasteiger partial charge in [0.1, 0.15) is 0 Å². The highest BCUT2D eigenvalue weighted by Gasteiger charge is 1.98. The van der Waals surface area contributed by atoms with Crippen molar-refractivity contribution in [2.45, 2.75) is 19.8 Å². The highest BCUT2D eigenvalue weighted by molar-refractivity contribution is 7.79. The Labute approximate surface area is 73.2 Å². The molecule has 11 heavy (non-hydrogen) atoms. The third-order valence-corrected chi connectivity index (χ3v) is 2.22. The van der Waals surface area contributed by atoms with E-state index in [2.05, 4.69) is 38.1 Å². The van der Waals surface area contributed by atoms with Gasteiger partial charge in [-0.15, -0.1) is 0 Å². The summed E-state index contributed by atoms with van der Waals surface area (Å²) in [6.07, 6.45) is 0. The van der Waals surface area contributed by atoms with Crippen LogP contribution in [-0.2, 0) is 0 Å². The van der Waals surface area contributed by atoms with E-state index < -0.39 is 0 Å². The van der Waals surface area contributed by atoms with Gasteiger partial charge < -0.3 is 0 Å². The molecule has 0 aliphatic carbocycles. The van der Waals surface area contributed by atoms with Gasteiger partial charge in [0.25, 0.3) is 0 Å². The van der Waals surface area contributed by atoms with Crippen LogP contribution in [0.3, 0.4) is 0 Å². The quantitative estimate of drug-likeness (QED) is 0.605. The predicted molar refractivity (Wildman–Crippen MR) is 53.2 cm³/mol. The fourth-order valence-corrected chi connectivity index (χ4v) is 1.11. The minimum absolute atomic E-state index is 0.394. The summed E-state index contributed by atoms with van der Waals surface area (Å²) in [7, 11) is 0. The molecule has 1 aromatic carbocycles. The van der Waals surface area contributed by atoms with Gasteiger partial charge in [-0.1, -0.05) is 49.0 Å². The molecule has 0 amide bonds. The van der Waals surface area contributed by atoms with E-state index in [0.717, 1.165) is 0 Å². The molecule has 0 aliphatic rings. The van der Waals surface area contributed by atoms with Gasteiger partial charge in [-0.3, -0.25) is 0 Å². The minimum Gasteiger partial charge on any atom is -0.0928 e. The number of thiocarbonyl (C=S) groups is 1. The standard InChI is InChI=1S/C10H12S/c1-8-3-5-10(6-4-8)9(2)7-11/h3-7,9H,1-2H3. The van der Waals surface area contributed by atoms with Gasteiger partial charge in [0.05, 0.1) is 0 Å². The molecule has 1 heteroatoms. The van der Waals surface area contributed by atoms with Crippen molar-refractivity contribution in [1.29, 1.82) is 0 Å². The molecule has 0 N–H and O–H groups in total. The maximum atomic E-state index is 4.86. The Morgan fingerprint density at radius 2 is 1.82 bits per heavy atom. The zero-order chi connectivity index (χ0) is 8.27. The van der Waals surface area contributed by atoms with Crippen molar-refractivity contribution in [1.82, 2.24) is 0 Å². The first kappa shape index (κ1) is 8.41. The third-order valence-electron chi connectivity index (χ3n) is 1.81. The largest absolute Gasteiger partial charge is 0.0928 e. The number of rotatable bonds is 2. The lowest BCUT2D eigenvalue weighted by Crippen LogP contribution is -1.91. The molecule has 58 valence electrons. The van der Waals surface area contributed by atoms with Crippen LogP contribution in [-0.4, -0.2) is 5.37 Å². The Morgan fingerprint density at radius 1 is 1.27 bits per heavy atom. The van der Waals surface area contributed by atoms with Crippen LogP contribution in [0, 0.1) is 6.92 Å². The number of aryl methyl sites for hydroxylation is 1. The van der Waals surface area contributed by atoms with Crippen molar-refractivity contribution >= 4 is 17.6 Å². The number of hydrogen-bond donors (Lipinski definition) is 0. The molecule has 0 nitrogen and oxygen atoms in total. The molecular weight excluding hydrogens is 152 g/mol. The Kier molecular flexibility index (Phi) is 2.77. The van der Waals surface area contributed by atoms with E-state index in [-0.39, 0.29) is 0 Å². The topological polar surface area (TPSA) is 0 Å². The Balaban J connectivity index is 2.89. The summed E-state index contributed by atoms with van der Waals surface area (Å²) in [5.74, 6) is 0.394. The molecule has 0 aliphatic heterocycles. The summed E-state index contributed by atoms with van der Waals surface area (Å²) in [5.41, 5.74) is 2.59. The molecule has 0 aromatic heterocycles. The lowest BCUT2D eigenvalue weighted by atomic mass is 10.0. The molecule has 1 atom stereocenters. The van der Waals surface area contributed by atoms with Crippen LogP contribution in [0.1, 0.15) is 24.0 Å². The van der Waals surface area contributed by atoms with E-state index in [9.17, 15) is 0 Å². The lowest BCUT2D eigenvalue weighted by Gasteiger charge is -2.04. The summed E-state index contributed by atoms with van der Waals surface area (Å²) >= 11 is 4.86. The Morgan fingerprint density at radius 3 is 2.27 bits per heavy atom. The molecule has 0 heterocycles. The van der Waals surface area contributed by atoms with Gasteiger partial charge in [0.2, 0.25) is 0 Å². The molecule has 0 saturated heterocycles. The summed E-state index contributed by atoms with van der Waals surface area (Å²) in [5, 5.41) is 1.80. The van der Waals surface area contributed by atoms with E-state index in [1.54, 1.807) is 5.37 Å². The summed E-state index contributed by atoms with van der Waals surface area (Å²) in [6.45, 7) is 4.20. The first-order valence-electron chi connectivity index (χ1n) is 3.76. The molecule has 0 fully saturated rings. The Hall–Kier alpha value is -0.690. The maximum Gasteiger partial charge on any atom is 0.00944 e. The first-order chi connectivity index (χ1) is 5.24. The fourth-order valence-electron chi connectivity index (χ4n) is 0.949. The van der Waals surface area contributed by atoms with Crippen LogP contribution in [0.2, 0.25) is 0 Å². The average molecular weight is 164 g/mol. The zero-order valence-electron chi connectivity index (χ0n) is 6.87. The van der Waals surface area contributed by atoms with Gasteiger partial charge in [-0.25, -0.2) is 0 Å². The van der Waals surface area contributed by atoms with Gasteiger partial charge in [0, 0.05) is 5.92 Å². The van der Waals surface area contributed by atoms with E-state index in [0.29, 0.717) is 5.92 Å². The van der Waals surface area contributed by atoms with Gasteiger partial charge >= 0.3 is 0 Å². The highest BCUT2D eigenvalue weighted by Crippen LogP contribution is 2.13. The second kappa shape index (κ2) is 3.63. The van der Waals surface area contributed by atoms with E-state index in [1.807, 2.05) is 0 Å². The minimum atomic E-state index is 0.394. The number of benzene rings is 1. The SMILES string of the molecule is Cc1ccc(C(C)C=S)cc1.